The van der Waals surface area contributed by atoms with Crippen LogP contribution in [0.2, 0.25) is 0 Å². The van der Waals surface area contributed by atoms with E-state index in [2.05, 4.69) is 16.0 Å². The molecule has 5 heteroatoms. The number of carbonyl (C=O) groups is 1. The van der Waals surface area contributed by atoms with Crippen LogP contribution in [-0.4, -0.2) is 38.4 Å². The molecule has 3 rings (SSSR count). The molecule has 0 aromatic carbocycles. The molecule has 0 atom stereocenters. The van der Waals surface area contributed by atoms with Crippen molar-refractivity contribution in [2.75, 3.05) is 13.1 Å². The number of hydrogen-bond acceptors (Lipinski definition) is 3. The average molecular weight is 284 g/mol. The summed E-state index contributed by atoms with van der Waals surface area (Å²) in [6.45, 7) is 1.64. The van der Waals surface area contributed by atoms with E-state index in [1.54, 1.807) is 18.7 Å². The summed E-state index contributed by atoms with van der Waals surface area (Å²) in [5, 5.41) is 0. The van der Waals surface area contributed by atoms with Crippen LogP contribution in [0, 0.1) is 5.92 Å². The molecule has 0 aliphatic carbocycles. The standard InChI is InChI=1S/C16H20N4O/c1-19-11-15(18-12-19)16(21)20-7-4-13(5-8-20)9-14-3-2-6-17-10-14/h2-3,6,10-13H,4-5,7-9H2,1H3. The zero-order valence-electron chi connectivity index (χ0n) is 12.3. The maximum atomic E-state index is 12.3. The Labute approximate surface area is 124 Å². The third kappa shape index (κ3) is 3.29. The molecule has 21 heavy (non-hydrogen) atoms. The molecule has 5 nitrogen and oxygen atoms in total. The molecule has 0 spiro atoms. The minimum absolute atomic E-state index is 0.0513. The van der Waals surface area contributed by atoms with Crippen LogP contribution >= 0.6 is 0 Å². The van der Waals surface area contributed by atoms with Crippen molar-refractivity contribution in [3.8, 4) is 0 Å². The molecule has 0 radical (unpaired) electrons. The van der Waals surface area contributed by atoms with Gasteiger partial charge < -0.3 is 9.47 Å². The number of imidazole rings is 1. The lowest BCUT2D eigenvalue weighted by Crippen LogP contribution is -2.39. The number of pyridine rings is 1. The monoisotopic (exact) mass is 284 g/mol. The Bertz CT molecular complexity index is 600. The Morgan fingerprint density at radius 3 is 2.81 bits per heavy atom. The highest BCUT2D eigenvalue weighted by Gasteiger charge is 2.24. The molecule has 0 unspecified atom stereocenters. The van der Waals surface area contributed by atoms with Crippen LogP contribution in [0.5, 0.6) is 0 Å². The number of aromatic nitrogens is 3. The lowest BCUT2D eigenvalue weighted by molar-refractivity contribution is 0.0685. The number of carbonyl (C=O) groups excluding carboxylic acids is 1. The summed E-state index contributed by atoms with van der Waals surface area (Å²) in [7, 11) is 1.88. The fraction of sp³-hybridized carbons (Fsp3) is 0.438. The smallest absolute Gasteiger partial charge is 0.274 e. The molecule has 2 aromatic heterocycles. The molecule has 1 fully saturated rings. The molecular weight excluding hydrogens is 264 g/mol. The van der Waals surface area contributed by atoms with Crippen LogP contribution in [0.3, 0.4) is 0 Å². The van der Waals surface area contributed by atoms with Crippen LogP contribution in [0.15, 0.2) is 37.1 Å². The summed E-state index contributed by atoms with van der Waals surface area (Å²) in [6, 6.07) is 4.10. The van der Waals surface area contributed by atoms with Crippen molar-refractivity contribution < 1.29 is 4.79 Å². The summed E-state index contributed by atoms with van der Waals surface area (Å²) >= 11 is 0. The molecule has 1 aliphatic heterocycles. The van der Waals surface area contributed by atoms with E-state index in [1.165, 1.54) is 5.56 Å². The largest absolute Gasteiger partial charge is 0.340 e. The van der Waals surface area contributed by atoms with Gasteiger partial charge in [-0.05, 0) is 36.8 Å². The Morgan fingerprint density at radius 1 is 1.38 bits per heavy atom. The predicted octanol–water partition coefficient (Wildman–Crippen LogP) is 1.91. The Balaban J connectivity index is 1.54. The van der Waals surface area contributed by atoms with Crippen LogP contribution in [0.4, 0.5) is 0 Å². The molecule has 0 N–H and O–H groups in total. The van der Waals surface area contributed by atoms with E-state index in [-0.39, 0.29) is 5.91 Å². The van der Waals surface area contributed by atoms with Crippen molar-refractivity contribution in [3.05, 3.63) is 48.3 Å². The highest BCUT2D eigenvalue weighted by molar-refractivity contribution is 5.92. The highest BCUT2D eigenvalue weighted by Crippen LogP contribution is 2.22. The van der Waals surface area contributed by atoms with Crippen LogP contribution in [0.1, 0.15) is 28.9 Å². The van der Waals surface area contributed by atoms with Gasteiger partial charge in [0, 0.05) is 38.7 Å². The number of nitrogens with zero attached hydrogens (tertiary/aromatic N) is 4. The first-order valence-electron chi connectivity index (χ1n) is 7.38. The Morgan fingerprint density at radius 2 is 2.19 bits per heavy atom. The summed E-state index contributed by atoms with van der Waals surface area (Å²) in [4.78, 5) is 22.5. The van der Waals surface area contributed by atoms with Gasteiger partial charge in [0.05, 0.1) is 6.33 Å². The first-order chi connectivity index (χ1) is 10.2. The second kappa shape index (κ2) is 6.08. The number of hydrogen-bond donors (Lipinski definition) is 0. The molecule has 1 amide bonds. The second-order valence-electron chi connectivity index (χ2n) is 5.73. The van der Waals surface area contributed by atoms with Crippen molar-refractivity contribution in [3.63, 3.8) is 0 Å². The van der Waals surface area contributed by atoms with E-state index < -0.39 is 0 Å². The van der Waals surface area contributed by atoms with Gasteiger partial charge in [-0.25, -0.2) is 4.98 Å². The maximum Gasteiger partial charge on any atom is 0.274 e. The number of aryl methyl sites for hydroxylation is 1. The first kappa shape index (κ1) is 13.8. The maximum absolute atomic E-state index is 12.3. The Kier molecular flexibility index (Phi) is 3.99. The third-order valence-electron chi connectivity index (χ3n) is 4.07. The average Bonchev–Trinajstić information content (AvgIpc) is 2.95. The normalized spacial score (nSPS) is 16.1. The van der Waals surface area contributed by atoms with E-state index in [4.69, 9.17) is 0 Å². The van der Waals surface area contributed by atoms with Gasteiger partial charge in [0.2, 0.25) is 0 Å². The van der Waals surface area contributed by atoms with Gasteiger partial charge in [-0.15, -0.1) is 0 Å². The van der Waals surface area contributed by atoms with Gasteiger partial charge in [0.25, 0.3) is 5.91 Å². The number of amides is 1. The lowest BCUT2D eigenvalue weighted by atomic mass is 9.90. The van der Waals surface area contributed by atoms with Gasteiger partial charge in [-0.2, -0.15) is 0 Å². The number of rotatable bonds is 3. The van der Waals surface area contributed by atoms with Gasteiger partial charge in [0.1, 0.15) is 5.69 Å². The SMILES string of the molecule is Cn1cnc(C(=O)N2CCC(Cc3cccnc3)CC2)c1. The summed E-state index contributed by atoms with van der Waals surface area (Å²) in [5.41, 5.74) is 1.83. The van der Waals surface area contributed by atoms with Crippen molar-refractivity contribution >= 4 is 5.91 Å². The number of piperidine rings is 1. The molecule has 3 heterocycles. The van der Waals surface area contributed by atoms with Gasteiger partial charge >= 0.3 is 0 Å². The van der Waals surface area contributed by atoms with Crippen LogP contribution < -0.4 is 0 Å². The van der Waals surface area contributed by atoms with Crippen molar-refractivity contribution in [1.29, 1.82) is 0 Å². The molecule has 2 aromatic rings. The minimum Gasteiger partial charge on any atom is -0.340 e. The lowest BCUT2D eigenvalue weighted by Gasteiger charge is -2.31. The van der Waals surface area contributed by atoms with E-state index in [0.717, 1.165) is 32.4 Å². The topological polar surface area (TPSA) is 51.0 Å². The fourth-order valence-electron chi connectivity index (χ4n) is 2.88. The molecular formula is C16H20N4O. The van der Waals surface area contributed by atoms with E-state index >= 15 is 0 Å². The zero-order chi connectivity index (χ0) is 14.7. The summed E-state index contributed by atoms with van der Waals surface area (Å²) in [6.07, 6.45) is 10.3. The fourth-order valence-corrected chi connectivity index (χ4v) is 2.88. The second-order valence-corrected chi connectivity index (χ2v) is 5.73. The number of likely N-dealkylation sites (tertiary alicyclic amines) is 1. The first-order valence-corrected chi connectivity index (χ1v) is 7.38. The van der Waals surface area contributed by atoms with Gasteiger partial charge in [0.15, 0.2) is 0 Å². The highest BCUT2D eigenvalue weighted by atomic mass is 16.2. The van der Waals surface area contributed by atoms with Crippen LogP contribution in [0.25, 0.3) is 0 Å². The molecule has 110 valence electrons. The molecule has 1 aliphatic rings. The molecule has 1 saturated heterocycles. The minimum atomic E-state index is 0.0513. The molecule has 0 saturated carbocycles. The zero-order valence-corrected chi connectivity index (χ0v) is 12.3. The van der Waals surface area contributed by atoms with Crippen LogP contribution in [-0.2, 0) is 13.5 Å². The Hall–Kier alpha value is -2.17. The predicted molar refractivity (Wildman–Crippen MR) is 79.8 cm³/mol. The van der Waals surface area contributed by atoms with Crippen molar-refractivity contribution in [2.45, 2.75) is 19.3 Å². The summed E-state index contributed by atoms with van der Waals surface area (Å²) < 4.78 is 1.81. The van der Waals surface area contributed by atoms with Gasteiger partial charge in [-0.1, -0.05) is 6.07 Å². The van der Waals surface area contributed by atoms with E-state index in [0.29, 0.717) is 11.6 Å². The van der Waals surface area contributed by atoms with E-state index in [1.807, 2.05) is 28.8 Å². The third-order valence-corrected chi connectivity index (χ3v) is 4.07. The van der Waals surface area contributed by atoms with E-state index in [9.17, 15) is 4.79 Å². The summed E-state index contributed by atoms with van der Waals surface area (Å²) in [5.74, 6) is 0.692. The van der Waals surface area contributed by atoms with Crippen molar-refractivity contribution in [2.24, 2.45) is 13.0 Å². The van der Waals surface area contributed by atoms with Gasteiger partial charge in [-0.3, -0.25) is 9.78 Å². The quantitative estimate of drug-likeness (QED) is 0.865. The molecule has 0 bridgehead atoms. The van der Waals surface area contributed by atoms with Crippen molar-refractivity contribution in [1.82, 2.24) is 19.4 Å².